The minimum Gasteiger partial charge on any atom is -0.468 e. The summed E-state index contributed by atoms with van der Waals surface area (Å²) in [6, 6.07) is 0. The lowest BCUT2D eigenvalue weighted by molar-refractivity contribution is -0.166. The van der Waals surface area contributed by atoms with Gasteiger partial charge in [-0.25, -0.2) is 4.98 Å². The van der Waals surface area contributed by atoms with Gasteiger partial charge in [0.15, 0.2) is 5.41 Å². The van der Waals surface area contributed by atoms with Crippen molar-refractivity contribution < 1.29 is 14.3 Å². The molecule has 1 aliphatic heterocycles. The first kappa shape index (κ1) is 12.1. The summed E-state index contributed by atoms with van der Waals surface area (Å²) >= 11 is 1.68. The number of ether oxygens (including phenoxy) is 2. The summed E-state index contributed by atoms with van der Waals surface area (Å²) in [5.74, 6) is 0.416. The Hall–Kier alpha value is -0.940. The minimum absolute atomic E-state index is 0.194. The van der Waals surface area contributed by atoms with Crippen LogP contribution in [0, 0.1) is 6.92 Å². The Kier molecular flexibility index (Phi) is 2.90. The second kappa shape index (κ2) is 4.31. The molecular formula is C13H17NO3S. The van der Waals surface area contributed by atoms with E-state index in [2.05, 4.69) is 4.98 Å². The molecule has 1 aromatic rings. The highest BCUT2D eigenvalue weighted by Gasteiger charge is 2.51. The van der Waals surface area contributed by atoms with E-state index < -0.39 is 5.41 Å². The summed E-state index contributed by atoms with van der Waals surface area (Å²) in [4.78, 5) is 17.7. The van der Waals surface area contributed by atoms with E-state index >= 15 is 0 Å². The van der Waals surface area contributed by atoms with E-state index in [-0.39, 0.29) is 5.97 Å². The molecule has 2 fully saturated rings. The van der Waals surface area contributed by atoms with Crippen molar-refractivity contribution in [1.29, 1.82) is 0 Å². The molecule has 98 valence electrons. The monoisotopic (exact) mass is 267 g/mol. The molecule has 4 nitrogen and oxygen atoms in total. The van der Waals surface area contributed by atoms with Crippen LogP contribution >= 0.6 is 11.3 Å². The molecule has 0 spiro atoms. The lowest BCUT2D eigenvalue weighted by atomic mass is 9.83. The van der Waals surface area contributed by atoms with Gasteiger partial charge in [-0.1, -0.05) is 6.42 Å². The van der Waals surface area contributed by atoms with Gasteiger partial charge in [-0.15, -0.1) is 11.3 Å². The zero-order chi connectivity index (χ0) is 12.8. The fourth-order valence-electron chi connectivity index (χ4n) is 2.53. The van der Waals surface area contributed by atoms with Crippen LogP contribution in [0.1, 0.15) is 40.8 Å². The van der Waals surface area contributed by atoms with Crippen LogP contribution in [0.2, 0.25) is 0 Å². The summed E-state index contributed by atoms with van der Waals surface area (Å²) in [5.41, 5.74) is 0.383. The molecule has 1 aliphatic carbocycles. The Bertz CT molecular complexity index is 475. The summed E-state index contributed by atoms with van der Waals surface area (Å²) in [6.07, 6.45) is 3.76. The van der Waals surface area contributed by atoms with Gasteiger partial charge >= 0.3 is 5.97 Å². The number of aryl methyl sites for hydroxylation is 1. The van der Waals surface area contributed by atoms with E-state index in [0.29, 0.717) is 19.1 Å². The summed E-state index contributed by atoms with van der Waals surface area (Å²) in [6.45, 7) is 2.83. The third-order valence-corrected chi connectivity index (χ3v) is 5.50. The quantitative estimate of drug-likeness (QED) is 0.787. The van der Waals surface area contributed by atoms with Gasteiger partial charge in [0, 0.05) is 10.8 Å². The number of esters is 1. The smallest absolute Gasteiger partial charge is 0.321 e. The summed E-state index contributed by atoms with van der Waals surface area (Å²) in [5, 5.41) is 1.18. The Labute approximate surface area is 110 Å². The number of carbonyl (C=O) groups excluding carboxylic acids is 1. The number of thiazole rings is 1. The molecule has 2 heterocycles. The van der Waals surface area contributed by atoms with Crippen LogP contribution in [0.4, 0.5) is 0 Å². The molecule has 0 amide bonds. The van der Waals surface area contributed by atoms with E-state index in [9.17, 15) is 4.79 Å². The average Bonchev–Trinajstić information content (AvgIpc) is 2.56. The van der Waals surface area contributed by atoms with Crippen molar-refractivity contribution in [2.75, 3.05) is 20.3 Å². The Morgan fingerprint density at radius 3 is 2.67 bits per heavy atom. The van der Waals surface area contributed by atoms with Gasteiger partial charge in [0.25, 0.3) is 0 Å². The SMILES string of the molecule is COC(=O)C1(c2sc(C3CCC3)nc2C)COC1. The minimum atomic E-state index is -0.585. The van der Waals surface area contributed by atoms with E-state index in [0.717, 1.165) is 10.6 Å². The number of methoxy groups -OCH3 is 1. The second-order valence-electron chi connectivity index (χ2n) is 5.16. The van der Waals surface area contributed by atoms with Crippen LogP contribution in [-0.2, 0) is 19.7 Å². The van der Waals surface area contributed by atoms with Gasteiger partial charge in [-0.3, -0.25) is 4.79 Å². The molecule has 0 bridgehead atoms. The van der Waals surface area contributed by atoms with Crippen LogP contribution in [-0.4, -0.2) is 31.3 Å². The molecule has 1 saturated carbocycles. The number of hydrogen-bond acceptors (Lipinski definition) is 5. The Morgan fingerprint density at radius 2 is 2.22 bits per heavy atom. The maximum Gasteiger partial charge on any atom is 0.321 e. The van der Waals surface area contributed by atoms with E-state index in [4.69, 9.17) is 9.47 Å². The largest absolute Gasteiger partial charge is 0.468 e. The zero-order valence-electron chi connectivity index (χ0n) is 10.7. The molecule has 0 unspecified atom stereocenters. The topological polar surface area (TPSA) is 48.4 Å². The van der Waals surface area contributed by atoms with Crippen LogP contribution in [0.25, 0.3) is 0 Å². The maximum absolute atomic E-state index is 12.0. The number of aromatic nitrogens is 1. The van der Waals surface area contributed by atoms with Crippen LogP contribution in [0.15, 0.2) is 0 Å². The molecular weight excluding hydrogens is 250 g/mol. The fraction of sp³-hybridized carbons (Fsp3) is 0.692. The predicted molar refractivity (Wildman–Crippen MR) is 68.0 cm³/mol. The Morgan fingerprint density at radius 1 is 1.50 bits per heavy atom. The first-order chi connectivity index (χ1) is 8.67. The predicted octanol–water partition coefficient (Wildman–Crippen LogP) is 2.16. The Balaban J connectivity index is 1.94. The molecule has 0 atom stereocenters. The molecule has 18 heavy (non-hydrogen) atoms. The van der Waals surface area contributed by atoms with E-state index in [1.165, 1.54) is 31.4 Å². The highest BCUT2D eigenvalue weighted by Crippen LogP contribution is 2.44. The van der Waals surface area contributed by atoms with Gasteiger partial charge < -0.3 is 9.47 Å². The van der Waals surface area contributed by atoms with E-state index in [1.54, 1.807) is 11.3 Å². The highest BCUT2D eigenvalue weighted by molar-refractivity contribution is 7.12. The number of nitrogens with zero attached hydrogens (tertiary/aromatic N) is 1. The van der Waals surface area contributed by atoms with Crippen LogP contribution in [0.5, 0.6) is 0 Å². The summed E-state index contributed by atoms with van der Waals surface area (Å²) < 4.78 is 10.2. The lowest BCUT2D eigenvalue weighted by Gasteiger charge is -2.37. The van der Waals surface area contributed by atoms with E-state index in [1.807, 2.05) is 6.92 Å². The molecule has 0 radical (unpaired) electrons. The maximum atomic E-state index is 12.0. The molecule has 3 rings (SSSR count). The van der Waals surface area contributed by atoms with Crippen molar-refractivity contribution in [3.05, 3.63) is 15.6 Å². The molecule has 1 saturated heterocycles. The number of hydrogen-bond donors (Lipinski definition) is 0. The van der Waals surface area contributed by atoms with Gasteiger partial charge in [0.05, 0.1) is 31.0 Å². The van der Waals surface area contributed by atoms with Crippen molar-refractivity contribution in [2.45, 2.75) is 37.5 Å². The second-order valence-corrected chi connectivity index (χ2v) is 6.19. The normalized spacial score (nSPS) is 22.1. The van der Waals surface area contributed by atoms with Gasteiger partial charge in [-0.2, -0.15) is 0 Å². The molecule has 5 heteroatoms. The lowest BCUT2D eigenvalue weighted by Crippen LogP contribution is -2.53. The first-order valence-electron chi connectivity index (χ1n) is 6.31. The zero-order valence-corrected chi connectivity index (χ0v) is 11.5. The van der Waals surface area contributed by atoms with Gasteiger partial charge in [0.1, 0.15) is 0 Å². The average molecular weight is 267 g/mol. The first-order valence-corrected chi connectivity index (χ1v) is 7.13. The van der Waals surface area contributed by atoms with Crippen molar-refractivity contribution in [3.63, 3.8) is 0 Å². The third kappa shape index (κ3) is 1.61. The number of carbonyl (C=O) groups is 1. The molecule has 1 aromatic heterocycles. The fourth-order valence-corrected chi connectivity index (χ4v) is 3.92. The molecule has 2 aliphatic rings. The van der Waals surface area contributed by atoms with Crippen molar-refractivity contribution in [1.82, 2.24) is 4.98 Å². The van der Waals surface area contributed by atoms with Crippen molar-refractivity contribution >= 4 is 17.3 Å². The standard InChI is InChI=1S/C13H17NO3S/c1-8-10(13(6-17-7-13)12(15)16-2)18-11(14-8)9-4-3-5-9/h9H,3-7H2,1-2H3. The van der Waals surface area contributed by atoms with Crippen molar-refractivity contribution in [2.24, 2.45) is 0 Å². The molecule has 0 aromatic carbocycles. The van der Waals surface area contributed by atoms with Crippen molar-refractivity contribution in [3.8, 4) is 0 Å². The van der Waals surface area contributed by atoms with Gasteiger partial charge in [-0.05, 0) is 19.8 Å². The number of rotatable bonds is 3. The molecule has 0 N–H and O–H groups in total. The van der Waals surface area contributed by atoms with Crippen LogP contribution < -0.4 is 0 Å². The summed E-state index contributed by atoms with van der Waals surface area (Å²) in [7, 11) is 1.44. The van der Waals surface area contributed by atoms with Gasteiger partial charge in [0.2, 0.25) is 0 Å². The third-order valence-electron chi connectivity index (χ3n) is 3.98. The highest BCUT2D eigenvalue weighted by atomic mass is 32.1. The van der Waals surface area contributed by atoms with Crippen LogP contribution in [0.3, 0.4) is 0 Å².